The molecule has 2 aromatic carbocycles. The maximum atomic E-state index is 13.1. The van der Waals surface area contributed by atoms with Crippen LogP contribution in [0.5, 0.6) is 17.6 Å². The monoisotopic (exact) mass is 376 g/mol. The summed E-state index contributed by atoms with van der Waals surface area (Å²) in [5.41, 5.74) is 3.64. The number of pyridine rings is 1. The van der Waals surface area contributed by atoms with Crippen LogP contribution in [0.4, 0.5) is 0 Å². The van der Waals surface area contributed by atoms with Crippen LogP contribution in [0.2, 0.25) is 0 Å². The molecule has 2 heterocycles. The Kier molecular flexibility index (Phi) is 4.61. The number of hydrogen-bond acceptors (Lipinski definition) is 5. The van der Waals surface area contributed by atoms with E-state index in [4.69, 9.17) is 13.9 Å². The Morgan fingerprint density at radius 2 is 1.71 bits per heavy atom. The van der Waals surface area contributed by atoms with Crippen molar-refractivity contribution in [2.45, 2.75) is 20.4 Å². The average molecular weight is 376 g/mol. The van der Waals surface area contributed by atoms with Crippen molar-refractivity contribution in [3.8, 4) is 17.6 Å². The van der Waals surface area contributed by atoms with Crippen molar-refractivity contribution in [1.82, 2.24) is 9.55 Å². The molecule has 0 radical (unpaired) electrons. The van der Waals surface area contributed by atoms with Gasteiger partial charge in [0.2, 0.25) is 5.75 Å². The van der Waals surface area contributed by atoms with E-state index in [1.807, 2.05) is 68.4 Å². The molecule has 0 N–H and O–H groups in total. The predicted octanol–water partition coefficient (Wildman–Crippen LogP) is 4.46. The molecule has 0 amide bonds. The van der Waals surface area contributed by atoms with Crippen LogP contribution in [0.3, 0.4) is 0 Å². The predicted molar refractivity (Wildman–Crippen MR) is 106 cm³/mol. The van der Waals surface area contributed by atoms with Crippen LogP contribution in [-0.4, -0.2) is 16.7 Å². The molecule has 28 heavy (non-hydrogen) atoms. The molecule has 0 unspecified atom stereocenters. The van der Waals surface area contributed by atoms with Gasteiger partial charge in [-0.2, -0.15) is 4.98 Å². The fourth-order valence-electron chi connectivity index (χ4n) is 3.15. The zero-order chi connectivity index (χ0) is 19.7. The van der Waals surface area contributed by atoms with E-state index in [9.17, 15) is 4.79 Å². The third-order valence-electron chi connectivity index (χ3n) is 4.79. The second kappa shape index (κ2) is 7.23. The largest absolute Gasteiger partial charge is 0.488 e. The minimum Gasteiger partial charge on any atom is -0.488 e. The Labute approximate surface area is 162 Å². The van der Waals surface area contributed by atoms with Crippen LogP contribution < -0.4 is 15.0 Å². The molecule has 0 bridgehead atoms. The lowest BCUT2D eigenvalue weighted by Crippen LogP contribution is -2.25. The number of nitrogens with zero attached hydrogens (tertiary/aromatic N) is 2. The maximum Gasteiger partial charge on any atom is 0.400 e. The summed E-state index contributed by atoms with van der Waals surface area (Å²) in [4.78, 5) is 17.4. The number of fused-ring (bicyclic) bond motifs is 1. The number of hydrogen-bond donors (Lipinski definition) is 0. The van der Waals surface area contributed by atoms with Crippen LogP contribution in [0.1, 0.15) is 16.8 Å². The Balaban J connectivity index is 1.78. The first kappa shape index (κ1) is 17.9. The van der Waals surface area contributed by atoms with Crippen LogP contribution in [0.25, 0.3) is 11.1 Å². The second-order valence-corrected chi connectivity index (χ2v) is 6.50. The van der Waals surface area contributed by atoms with Gasteiger partial charge in [0, 0.05) is 11.3 Å². The summed E-state index contributed by atoms with van der Waals surface area (Å²) in [6, 6.07) is 17.2. The SMILES string of the molecule is COc1c(Oc2nc3ccccc3o2)c(C)c(C)n(Cc2ccccc2)c1=O. The summed E-state index contributed by atoms with van der Waals surface area (Å²) in [5.74, 6) is 0.446. The number of methoxy groups -OCH3 is 1. The van der Waals surface area contributed by atoms with E-state index in [0.717, 1.165) is 16.8 Å². The molecule has 4 aromatic rings. The fraction of sp³-hybridized carbons (Fsp3) is 0.182. The number of oxazole rings is 1. The number of para-hydroxylation sites is 2. The molecule has 4 rings (SSSR count). The van der Waals surface area contributed by atoms with Crippen molar-refractivity contribution in [3.63, 3.8) is 0 Å². The van der Waals surface area contributed by atoms with E-state index < -0.39 is 0 Å². The van der Waals surface area contributed by atoms with Crippen LogP contribution in [0, 0.1) is 13.8 Å². The second-order valence-electron chi connectivity index (χ2n) is 6.50. The van der Waals surface area contributed by atoms with Crippen molar-refractivity contribution in [2.75, 3.05) is 7.11 Å². The first-order chi connectivity index (χ1) is 13.6. The molecule has 6 heteroatoms. The third-order valence-corrected chi connectivity index (χ3v) is 4.79. The zero-order valence-electron chi connectivity index (χ0n) is 15.9. The molecule has 0 aliphatic heterocycles. The van der Waals surface area contributed by atoms with Gasteiger partial charge in [-0.3, -0.25) is 4.79 Å². The highest BCUT2D eigenvalue weighted by molar-refractivity contribution is 5.72. The van der Waals surface area contributed by atoms with Gasteiger partial charge in [0.25, 0.3) is 5.56 Å². The van der Waals surface area contributed by atoms with Crippen LogP contribution in [-0.2, 0) is 6.54 Å². The highest BCUT2D eigenvalue weighted by Crippen LogP contribution is 2.34. The quantitative estimate of drug-likeness (QED) is 0.515. The van der Waals surface area contributed by atoms with Gasteiger partial charge in [-0.15, -0.1) is 0 Å². The van der Waals surface area contributed by atoms with Gasteiger partial charge in [0.1, 0.15) is 5.52 Å². The average Bonchev–Trinajstić information content (AvgIpc) is 3.13. The molecule has 6 nitrogen and oxygen atoms in total. The minimum atomic E-state index is -0.263. The highest BCUT2D eigenvalue weighted by Gasteiger charge is 2.22. The summed E-state index contributed by atoms with van der Waals surface area (Å²) in [5, 5.41) is 0. The van der Waals surface area contributed by atoms with Gasteiger partial charge >= 0.3 is 6.08 Å². The van der Waals surface area contributed by atoms with Crippen LogP contribution in [0.15, 0.2) is 63.8 Å². The Morgan fingerprint density at radius 3 is 2.43 bits per heavy atom. The van der Waals surface area contributed by atoms with Crippen molar-refractivity contribution in [2.24, 2.45) is 0 Å². The summed E-state index contributed by atoms with van der Waals surface area (Å²) in [6.45, 7) is 4.22. The zero-order valence-corrected chi connectivity index (χ0v) is 15.9. The van der Waals surface area contributed by atoms with E-state index in [-0.39, 0.29) is 17.4 Å². The maximum absolute atomic E-state index is 13.1. The molecule has 142 valence electrons. The molecule has 0 saturated carbocycles. The molecular formula is C22H20N2O4. The van der Waals surface area contributed by atoms with Gasteiger partial charge in [-0.25, -0.2) is 0 Å². The normalized spacial score (nSPS) is 11.0. The molecule has 2 aromatic heterocycles. The van der Waals surface area contributed by atoms with E-state index in [1.165, 1.54) is 7.11 Å². The minimum absolute atomic E-state index is 0.0715. The topological polar surface area (TPSA) is 66.5 Å². The van der Waals surface area contributed by atoms with Crippen LogP contribution >= 0.6 is 0 Å². The summed E-state index contributed by atoms with van der Waals surface area (Å²) in [7, 11) is 1.46. The number of benzene rings is 2. The lowest BCUT2D eigenvalue weighted by Gasteiger charge is -2.18. The van der Waals surface area contributed by atoms with Crippen molar-refractivity contribution >= 4 is 11.1 Å². The van der Waals surface area contributed by atoms with Gasteiger partial charge in [0.05, 0.1) is 13.7 Å². The smallest absolute Gasteiger partial charge is 0.400 e. The number of rotatable bonds is 5. The molecule has 0 aliphatic carbocycles. The summed E-state index contributed by atoms with van der Waals surface area (Å²) in [6.07, 6.45) is 0.0715. The lowest BCUT2D eigenvalue weighted by atomic mass is 10.1. The Hall–Kier alpha value is -3.54. The van der Waals surface area contributed by atoms with E-state index >= 15 is 0 Å². The summed E-state index contributed by atoms with van der Waals surface area (Å²) < 4.78 is 18.6. The van der Waals surface area contributed by atoms with Gasteiger partial charge in [-0.1, -0.05) is 42.5 Å². The van der Waals surface area contributed by atoms with Crippen molar-refractivity contribution in [1.29, 1.82) is 0 Å². The summed E-state index contributed by atoms with van der Waals surface area (Å²) >= 11 is 0. The van der Waals surface area contributed by atoms with Gasteiger partial charge in [-0.05, 0) is 31.5 Å². The van der Waals surface area contributed by atoms with Gasteiger partial charge < -0.3 is 18.5 Å². The molecule has 0 spiro atoms. The Bertz CT molecular complexity index is 1160. The molecule has 0 fully saturated rings. The van der Waals surface area contributed by atoms with Gasteiger partial charge in [0.15, 0.2) is 11.3 Å². The van der Waals surface area contributed by atoms with E-state index in [0.29, 0.717) is 23.4 Å². The molecule has 0 saturated heterocycles. The first-order valence-electron chi connectivity index (χ1n) is 8.94. The molecular weight excluding hydrogens is 356 g/mol. The Morgan fingerprint density at radius 1 is 1.00 bits per heavy atom. The molecule has 0 aliphatic rings. The third kappa shape index (κ3) is 3.13. The van der Waals surface area contributed by atoms with E-state index in [2.05, 4.69) is 4.98 Å². The fourth-order valence-corrected chi connectivity index (χ4v) is 3.15. The highest BCUT2D eigenvalue weighted by atomic mass is 16.6. The lowest BCUT2D eigenvalue weighted by molar-refractivity contribution is 0.312. The van der Waals surface area contributed by atoms with Crippen molar-refractivity contribution in [3.05, 3.63) is 81.8 Å². The first-order valence-corrected chi connectivity index (χ1v) is 8.94. The molecule has 0 atom stereocenters. The standard InChI is InChI=1S/C22H20N2O4/c1-14-15(2)24(13-16-9-5-4-6-10-16)21(25)20(26-3)19(14)28-22-23-17-11-7-8-12-18(17)27-22/h4-12H,13H2,1-3H3. The number of ether oxygens (including phenoxy) is 2. The van der Waals surface area contributed by atoms with Crippen molar-refractivity contribution < 1.29 is 13.9 Å². The number of aromatic nitrogens is 2. The van der Waals surface area contributed by atoms with E-state index in [1.54, 1.807) is 4.57 Å².